The van der Waals surface area contributed by atoms with Crippen molar-refractivity contribution in [3.8, 4) is 0 Å². The second-order valence-electron chi connectivity index (χ2n) is 21.3. The first kappa shape index (κ1) is 26.6. The summed E-state index contributed by atoms with van der Waals surface area (Å²) in [7, 11) is 0. The molecule has 0 radical (unpaired) electrons. The maximum absolute atomic E-state index is 10.4. The second-order valence-corrected chi connectivity index (χ2v) is 21.3. The molecule has 0 aliphatic rings. The van der Waals surface area contributed by atoms with Crippen molar-refractivity contribution >= 4 is 110 Å². The molecule has 72 heavy (non-hydrogen) atoms. The second kappa shape index (κ2) is 15.8. The smallest absolute Gasteiger partial charge is 0.0645 e. The Morgan fingerprint density at radius 1 is 0.389 bits per heavy atom. The summed E-state index contributed by atoms with van der Waals surface area (Å²) in [6.45, 7) is 18.8. The van der Waals surface area contributed by atoms with Gasteiger partial charge in [0.1, 0.15) is 0 Å². The van der Waals surface area contributed by atoms with Gasteiger partial charge in [0.15, 0.2) is 0 Å². The van der Waals surface area contributed by atoms with Crippen molar-refractivity contribution in [2.45, 2.75) is 91.9 Å². The summed E-state index contributed by atoms with van der Waals surface area (Å²) < 4.78 is 213. The Labute approximate surface area is 453 Å². The van der Waals surface area contributed by atoms with Crippen LogP contribution in [0.2, 0.25) is 0 Å². The van der Waals surface area contributed by atoms with E-state index in [0.29, 0.717) is 54.6 Å². The first-order chi connectivity index (χ1) is 43.9. The molecule has 13 aromatic rings. The van der Waals surface area contributed by atoms with E-state index in [1.54, 1.807) is 39.8 Å². The van der Waals surface area contributed by atoms with Gasteiger partial charge >= 0.3 is 0 Å². The summed E-state index contributed by atoms with van der Waals surface area (Å²) in [5.41, 5.74) is 0.117. The largest absolute Gasteiger partial charge is 0.310 e. The predicted molar refractivity (Wildman–Crippen MR) is 311 cm³/mol. The molecule has 4 heteroatoms. The van der Waals surface area contributed by atoms with Crippen molar-refractivity contribution in [3.63, 3.8) is 0 Å². The van der Waals surface area contributed by atoms with Crippen LogP contribution in [0, 0.1) is 0 Å². The summed E-state index contributed by atoms with van der Waals surface area (Å²) in [5, 5.41) is 2.52. The van der Waals surface area contributed by atoms with Crippen LogP contribution >= 0.6 is 0 Å². The SMILES string of the molecule is [2H]c1c([2H])c([2H])c(N(c2c([2H])c([2H])c(C(C)C)c([2H])c2[2H])c2c([2H])c([2H])c3c4cc5c(cc4n4c6c(C(C)(C)C)cccc6c2c34)c2c([2H])c([2H])c(N(c3c([2H])c([2H])c([2H])c([2H])c3[2H])c3c([2H])c([2H])c(C(C)C)c([2H])c3[2H])c3c4cccc(C(C)(C)C)c4n5c23)c([2H])c1[2H]. The number of hydrogen-bond donors (Lipinski definition) is 0. The van der Waals surface area contributed by atoms with Crippen LogP contribution in [0.1, 0.15) is 133 Å². The van der Waals surface area contributed by atoms with Crippen LogP contribution in [0.4, 0.5) is 34.1 Å². The molecule has 0 amide bonds. The molecule has 0 aliphatic carbocycles. The molecule has 0 aliphatic heterocycles. The molecule has 13 rings (SSSR count). The van der Waals surface area contributed by atoms with E-state index >= 15 is 0 Å². The minimum Gasteiger partial charge on any atom is -0.310 e. The Bertz CT molecular complexity index is 5120. The summed E-state index contributed by atoms with van der Waals surface area (Å²) >= 11 is 0. The van der Waals surface area contributed by atoms with Crippen LogP contribution < -0.4 is 9.80 Å². The monoisotopic (exact) mass is 957 g/mol. The van der Waals surface area contributed by atoms with Crippen molar-refractivity contribution in [1.29, 1.82) is 0 Å². The van der Waals surface area contributed by atoms with Crippen molar-refractivity contribution in [1.82, 2.24) is 8.80 Å². The lowest BCUT2D eigenvalue weighted by Crippen LogP contribution is -2.12. The van der Waals surface area contributed by atoms with Crippen molar-refractivity contribution < 1.29 is 30.2 Å². The first-order valence-electron chi connectivity index (χ1n) is 35.2. The fourth-order valence-electron chi connectivity index (χ4n) is 10.7. The number of anilines is 6. The predicted octanol–water partition coefficient (Wildman–Crippen LogP) is 19.8. The fraction of sp³-hybridized carbons (Fsp3) is 0.206. The highest BCUT2D eigenvalue weighted by atomic mass is 15.2. The number of aromatic nitrogens is 2. The molecule has 0 N–H and O–H groups in total. The lowest BCUT2D eigenvalue weighted by atomic mass is 9.85. The Morgan fingerprint density at radius 2 is 0.750 bits per heavy atom. The summed E-state index contributed by atoms with van der Waals surface area (Å²) in [6.07, 6.45) is 0. The number of benzene rings is 9. The number of fused-ring (bicyclic) bond motifs is 12. The highest BCUT2D eigenvalue weighted by Crippen LogP contribution is 2.53. The van der Waals surface area contributed by atoms with E-state index in [1.807, 2.05) is 86.7 Å². The van der Waals surface area contributed by atoms with Crippen LogP contribution in [0.15, 0.2) is 181 Å². The van der Waals surface area contributed by atoms with Gasteiger partial charge in [0.25, 0.3) is 0 Å². The summed E-state index contributed by atoms with van der Waals surface area (Å²) in [5.74, 6) is -1.04. The molecule has 9 aromatic carbocycles. The Kier molecular flexibility index (Phi) is 5.85. The van der Waals surface area contributed by atoms with Crippen LogP contribution in [0.3, 0.4) is 0 Å². The molecular weight excluding hydrogens is 873 g/mol. The Morgan fingerprint density at radius 3 is 1.10 bits per heavy atom. The lowest BCUT2D eigenvalue weighted by Gasteiger charge is -2.27. The minimum absolute atomic E-state index is 0.0612. The van der Waals surface area contributed by atoms with E-state index in [0.717, 1.165) is 20.9 Å². The van der Waals surface area contributed by atoms with E-state index in [-0.39, 0.29) is 44.0 Å². The molecule has 0 atom stereocenters. The van der Waals surface area contributed by atoms with Crippen LogP contribution in [-0.2, 0) is 10.8 Å². The molecule has 354 valence electrons. The minimum atomic E-state index is -0.782. The lowest BCUT2D eigenvalue weighted by molar-refractivity contribution is 0.594. The van der Waals surface area contributed by atoms with Gasteiger partial charge in [0.2, 0.25) is 0 Å². The van der Waals surface area contributed by atoms with Crippen LogP contribution in [0.5, 0.6) is 0 Å². The third-order valence-electron chi connectivity index (χ3n) is 14.0. The van der Waals surface area contributed by atoms with Crippen molar-refractivity contribution in [3.05, 3.63) is 204 Å². The number of para-hydroxylation sites is 4. The van der Waals surface area contributed by atoms with Gasteiger partial charge in [0, 0.05) is 65.8 Å². The molecule has 0 fully saturated rings. The van der Waals surface area contributed by atoms with E-state index in [2.05, 4.69) is 0 Å². The van der Waals surface area contributed by atoms with E-state index < -0.39 is 178 Å². The molecule has 0 unspecified atom stereocenters. The third-order valence-corrected chi connectivity index (χ3v) is 14.0. The summed E-state index contributed by atoms with van der Waals surface area (Å²) in [4.78, 5) is 2.06. The normalized spacial score (nSPS) is 17.1. The van der Waals surface area contributed by atoms with Crippen LogP contribution in [0.25, 0.3) is 76.2 Å². The van der Waals surface area contributed by atoms with E-state index in [9.17, 15) is 21.9 Å². The molecule has 0 saturated heterocycles. The quantitative estimate of drug-likeness (QED) is 0.151. The zero-order valence-corrected chi connectivity index (χ0v) is 41.6. The maximum atomic E-state index is 10.4. The van der Waals surface area contributed by atoms with Gasteiger partial charge < -0.3 is 18.6 Å². The van der Waals surface area contributed by atoms with Gasteiger partial charge in [0.05, 0.1) is 74.6 Å². The molecule has 4 nitrogen and oxygen atoms in total. The molecule has 4 heterocycles. The van der Waals surface area contributed by atoms with E-state index in [1.165, 1.54) is 0 Å². The van der Waals surface area contributed by atoms with Gasteiger partial charge in [-0.3, -0.25) is 0 Å². The standard InChI is InChI=1S/C68H62N4/c1-41(2)43-27-31-47(32-28-43)69(45-19-13-11-14-20-45)57-37-35-49-53-39-60-54(40-59(53)71-63-51(61(57)65(49)71)23-17-25-55(63)67(5,6)7)50-36-38-58(62-52-24-18-26-56(68(8,9)10)64(52)72(60)66(50)62)70(46-21-15-12-16-22-46)48-33-29-44(30-34-48)42(3)4/h11-42H,1-10H3/i11D,12D,13D,14D,15D,16D,19D,20D,21D,22D,27D,28D,29D,30D,31D,32D,33D,34D,35D,36D,37D,38D. The van der Waals surface area contributed by atoms with Gasteiger partial charge in [-0.15, -0.1) is 0 Å². The van der Waals surface area contributed by atoms with Crippen molar-refractivity contribution in [2.75, 3.05) is 9.80 Å². The van der Waals surface area contributed by atoms with Crippen LogP contribution in [-0.4, -0.2) is 8.80 Å². The Hall–Kier alpha value is -7.82. The maximum Gasteiger partial charge on any atom is 0.0645 e. The zero-order chi connectivity index (χ0) is 68.7. The summed E-state index contributed by atoms with van der Waals surface area (Å²) in [6, 6.07) is 0.624. The first-order valence-corrected chi connectivity index (χ1v) is 24.2. The molecule has 0 bridgehead atoms. The number of hydrogen-bond acceptors (Lipinski definition) is 2. The molecule has 4 aromatic heterocycles. The fourth-order valence-corrected chi connectivity index (χ4v) is 10.7. The van der Waals surface area contributed by atoms with Gasteiger partial charge in [-0.25, -0.2) is 0 Å². The van der Waals surface area contributed by atoms with Gasteiger partial charge in [-0.2, -0.15) is 0 Å². The highest BCUT2D eigenvalue weighted by Gasteiger charge is 2.31. The van der Waals surface area contributed by atoms with Crippen molar-refractivity contribution in [2.24, 2.45) is 0 Å². The molecule has 0 spiro atoms. The highest BCUT2D eigenvalue weighted by molar-refractivity contribution is 6.32. The average molecular weight is 957 g/mol. The average Bonchev–Trinajstić information content (AvgIpc) is 1.49. The third kappa shape index (κ3) is 6.43. The number of rotatable bonds is 8. The number of nitrogens with zero attached hydrogens (tertiary/aromatic N) is 4. The molecular formula is C68H62N4. The topological polar surface area (TPSA) is 15.3 Å². The van der Waals surface area contributed by atoms with Gasteiger partial charge in [-0.1, -0.05) is 178 Å². The zero-order valence-electron chi connectivity index (χ0n) is 63.6. The van der Waals surface area contributed by atoms with Gasteiger partial charge in [-0.05, 0) is 117 Å². The Balaban J connectivity index is 1.28. The van der Waals surface area contributed by atoms with E-state index in [4.69, 9.17) is 8.22 Å². The molecule has 0 saturated carbocycles.